The van der Waals surface area contributed by atoms with Crippen molar-refractivity contribution < 1.29 is 0 Å². The van der Waals surface area contributed by atoms with Gasteiger partial charge in [-0.15, -0.1) is 0 Å². The molecule has 1 heterocycles. The molecular weight excluding hydrogens is 198 g/mol. The highest BCUT2D eigenvalue weighted by atomic mass is 15.0. The summed E-state index contributed by atoms with van der Waals surface area (Å²) in [5.41, 5.74) is 14.6. The van der Waals surface area contributed by atoms with Crippen LogP contribution in [0.25, 0.3) is 10.9 Å². The van der Waals surface area contributed by atoms with Gasteiger partial charge in [0.1, 0.15) is 0 Å². The predicted octanol–water partition coefficient (Wildman–Crippen LogP) is 1.64. The molecule has 2 aromatic rings. The van der Waals surface area contributed by atoms with Crippen LogP contribution in [0, 0.1) is 0 Å². The molecular formula is C13H15N3. The zero-order valence-electron chi connectivity index (χ0n) is 9.11. The molecule has 0 fully saturated rings. The molecule has 0 radical (unpaired) electrons. The molecule has 4 N–H and O–H groups in total. The van der Waals surface area contributed by atoms with Gasteiger partial charge in [-0.25, -0.2) is 0 Å². The zero-order chi connectivity index (χ0) is 11.2. The van der Waals surface area contributed by atoms with Crippen molar-refractivity contribution in [2.45, 2.75) is 24.9 Å². The third-order valence-corrected chi connectivity index (χ3v) is 3.31. The number of fused-ring (bicyclic) bond motifs is 2. The van der Waals surface area contributed by atoms with E-state index in [4.69, 9.17) is 11.5 Å². The summed E-state index contributed by atoms with van der Waals surface area (Å²) in [6.45, 7) is 0. The number of aromatic nitrogens is 1. The van der Waals surface area contributed by atoms with E-state index in [0.717, 1.165) is 41.4 Å². The lowest BCUT2D eigenvalue weighted by Crippen LogP contribution is -2.48. The summed E-state index contributed by atoms with van der Waals surface area (Å²) >= 11 is 0. The first-order valence-electron chi connectivity index (χ1n) is 5.64. The fourth-order valence-electron chi connectivity index (χ4n) is 2.43. The van der Waals surface area contributed by atoms with Gasteiger partial charge in [-0.05, 0) is 31.4 Å². The van der Waals surface area contributed by atoms with Gasteiger partial charge in [0.15, 0.2) is 0 Å². The first-order chi connectivity index (χ1) is 7.67. The fraction of sp³-hybridized carbons (Fsp3) is 0.308. The summed E-state index contributed by atoms with van der Waals surface area (Å²) in [6.07, 6.45) is 2.83. The molecule has 1 aliphatic rings. The minimum Gasteiger partial charge on any atom is -0.310 e. The maximum atomic E-state index is 6.12. The Balaban J connectivity index is 2.30. The van der Waals surface area contributed by atoms with Gasteiger partial charge in [0.05, 0.1) is 11.2 Å². The zero-order valence-corrected chi connectivity index (χ0v) is 9.11. The lowest BCUT2D eigenvalue weighted by molar-refractivity contribution is 0.383. The van der Waals surface area contributed by atoms with Crippen LogP contribution in [0.15, 0.2) is 30.3 Å². The first-order valence-corrected chi connectivity index (χ1v) is 5.64. The summed E-state index contributed by atoms with van der Waals surface area (Å²) in [4.78, 5) is 4.65. The van der Waals surface area contributed by atoms with E-state index in [1.165, 1.54) is 0 Å². The standard InChI is InChI=1S/C13H15N3/c14-13(15)7-3-6-12-10(13)8-9-4-1-2-5-11(9)16-12/h1-2,4-5,8H,3,6-7,14-15H2. The minimum atomic E-state index is -0.704. The lowest BCUT2D eigenvalue weighted by atomic mass is 9.86. The second-order valence-corrected chi connectivity index (χ2v) is 4.57. The molecule has 0 atom stereocenters. The molecule has 3 nitrogen and oxygen atoms in total. The summed E-state index contributed by atoms with van der Waals surface area (Å²) in [5, 5.41) is 1.11. The molecule has 0 unspecified atom stereocenters. The van der Waals surface area contributed by atoms with E-state index in [9.17, 15) is 0 Å². The molecule has 1 aromatic heterocycles. The van der Waals surface area contributed by atoms with Crippen LogP contribution < -0.4 is 11.5 Å². The summed E-state index contributed by atoms with van der Waals surface area (Å²) in [5.74, 6) is 0. The Bertz CT molecular complexity index is 546. The summed E-state index contributed by atoms with van der Waals surface area (Å²) < 4.78 is 0. The molecule has 3 rings (SSSR count). The van der Waals surface area contributed by atoms with E-state index in [0.29, 0.717) is 0 Å². The molecule has 16 heavy (non-hydrogen) atoms. The van der Waals surface area contributed by atoms with Crippen molar-refractivity contribution >= 4 is 10.9 Å². The van der Waals surface area contributed by atoms with E-state index in [1.807, 2.05) is 24.3 Å². The van der Waals surface area contributed by atoms with Gasteiger partial charge in [-0.3, -0.25) is 4.98 Å². The Hall–Kier alpha value is -1.45. The third kappa shape index (κ3) is 1.40. The van der Waals surface area contributed by atoms with E-state index in [2.05, 4.69) is 11.1 Å². The second kappa shape index (κ2) is 3.27. The molecule has 82 valence electrons. The van der Waals surface area contributed by atoms with Crippen LogP contribution in [0.2, 0.25) is 0 Å². The number of aryl methyl sites for hydroxylation is 1. The Kier molecular flexibility index (Phi) is 1.99. The predicted molar refractivity (Wildman–Crippen MR) is 64.7 cm³/mol. The van der Waals surface area contributed by atoms with Crippen LogP contribution in [-0.2, 0) is 12.1 Å². The molecule has 0 aliphatic heterocycles. The maximum Gasteiger partial charge on any atom is 0.0917 e. The molecule has 0 bridgehead atoms. The van der Waals surface area contributed by atoms with Crippen molar-refractivity contribution in [3.63, 3.8) is 0 Å². The Morgan fingerprint density at radius 1 is 1.19 bits per heavy atom. The number of pyridine rings is 1. The van der Waals surface area contributed by atoms with E-state index in [1.54, 1.807) is 0 Å². The van der Waals surface area contributed by atoms with Crippen LogP contribution in [0.3, 0.4) is 0 Å². The van der Waals surface area contributed by atoms with Crippen molar-refractivity contribution in [1.82, 2.24) is 4.98 Å². The monoisotopic (exact) mass is 213 g/mol. The normalized spacial score (nSPS) is 18.4. The minimum absolute atomic E-state index is 0.704. The topological polar surface area (TPSA) is 64.9 Å². The van der Waals surface area contributed by atoms with Crippen molar-refractivity contribution in [3.8, 4) is 0 Å². The highest BCUT2D eigenvalue weighted by Gasteiger charge is 2.29. The van der Waals surface area contributed by atoms with Gasteiger partial charge >= 0.3 is 0 Å². The molecule has 1 aromatic carbocycles. The summed E-state index contributed by atoms with van der Waals surface area (Å²) in [7, 11) is 0. The van der Waals surface area contributed by atoms with Gasteiger partial charge < -0.3 is 11.5 Å². The molecule has 1 aliphatic carbocycles. The molecule has 3 heteroatoms. The highest BCUT2D eigenvalue weighted by Crippen LogP contribution is 2.30. The largest absolute Gasteiger partial charge is 0.310 e. The molecule has 0 saturated carbocycles. The van der Waals surface area contributed by atoms with Crippen LogP contribution in [-0.4, -0.2) is 4.98 Å². The van der Waals surface area contributed by atoms with Crippen molar-refractivity contribution in [1.29, 1.82) is 0 Å². The van der Waals surface area contributed by atoms with Gasteiger partial charge in [-0.2, -0.15) is 0 Å². The number of rotatable bonds is 0. The van der Waals surface area contributed by atoms with E-state index < -0.39 is 5.66 Å². The van der Waals surface area contributed by atoms with Crippen molar-refractivity contribution in [2.24, 2.45) is 11.5 Å². The number of hydrogen-bond acceptors (Lipinski definition) is 3. The molecule has 0 spiro atoms. The first kappa shape index (κ1) is 9.75. The Morgan fingerprint density at radius 2 is 2.00 bits per heavy atom. The Labute approximate surface area is 94.5 Å². The van der Waals surface area contributed by atoms with Crippen LogP contribution in [0.4, 0.5) is 0 Å². The Morgan fingerprint density at radius 3 is 2.88 bits per heavy atom. The number of hydrogen-bond donors (Lipinski definition) is 2. The number of nitrogens with two attached hydrogens (primary N) is 2. The van der Waals surface area contributed by atoms with Gasteiger partial charge in [0.2, 0.25) is 0 Å². The molecule has 0 amide bonds. The second-order valence-electron chi connectivity index (χ2n) is 4.57. The van der Waals surface area contributed by atoms with Crippen molar-refractivity contribution in [3.05, 3.63) is 41.6 Å². The van der Waals surface area contributed by atoms with Crippen LogP contribution in [0.1, 0.15) is 24.1 Å². The number of para-hydroxylation sites is 1. The quantitative estimate of drug-likeness (QED) is 0.654. The lowest BCUT2D eigenvalue weighted by Gasteiger charge is -2.31. The van der Waals surface area contributed by atoms with Gasteiger partial charge in [-0.1, -0.05) is 18.2 Å². The van der Waals surface area contributed by atoms with Crippen LogP contribution >= 0.6 is 0 Å². The van der Waals surface area contributed by atoms with Gasteiger partial charge in [0, 0.05) is 16.6 Å². The van der Waals surface area contributed by atoms with E-state index in [-0.39, 0.29) is 0 Å². The number of benzene rings is 1. The van der Waals surface area contributed by atoms with Crippen molar-refractivity contribution in [2.75, 3.05) is 0 Å². The highest BCUT2D eigenvalue weighted by molar-refractivity contribution is 5.79. The average molecular weight is 213 g/mol. The SMILES string of the molecule is NC1(N)CCCc2nc3ccccc3cc21. The average Bonchev–Trinajstić information content (AvgIpc) is 2.27. The van der Waals surface area contributed by atoms with Gasteiger partial charge in [0.25, 0.3) is 0 Å². The smallest absolute Gasteiger partial charge is 0.0917 e. The fourth-order valence-corrected chi connectivity index (χ4v) is 2.43. The number of nitrogens with zero attached hydrogens (tertiary/aromatic N) is 1. The summed E-state index contributed by atoms with van der Waals surface area (Å²) in [6, 6.07) is 10.2. The molecule has 0 saturated heterocycles. The van der Waals surface area contributed by atoms with Crippen LogP contribution in [0.5, 0.6) is 0 Å². The maximum absolute atomic E-state index is 6.12. The van der Waals surface area contributed by atoms with E-state index >= 15 is 0 Å². The third-order valence-electron chi connectivity index (χ3n) is 3.31.